The van der Waals surface area contributed by atoms with Crippen LogP contribution in [0.15, 0.2) is 23.5 Å². The number of aromatic nitrogens is 4. The van der Waals surface area contributed by atoms with Gasteiger partial charge in [0.2, 0.25) is 0 Å². The molecule has 6 heteroatoms. The number of hydrogen-bond acceptors (Lipinski definition) is 5. The van der Waals surface area contributed by atoms with Gasteiger partial charge in [-0.3, -0.25) is 4.98 Å². The number of hydrogen-bond donors (Lipinski definition) is 1. The SMILES string of the molecule is Cc1cccnc1CSc1nnc(CO)n1C1CC1. The van der Waals surface area contributed by atoms with Gasteiger partial charge in [0.25, 0.3) is 0 Å². The number of thioether (sulfide) groups is 1. The molecule has 2 heterocycles. The summed E-state index contributed by atoms with van der Waals surface area (Å²) in [6.07, 6.45) is 4.12. The molecule has 100 valence electrons. The molecule has 0 radical (unpaired) electrons. The molecule has 0 spiro atoms. The summed E-state index contributed by atoms with van der Waals surface area (Å²) < 4.78 is 2.07. The second kappa shape index (κ2) is 5.30. The van der Waals surface area contributed by atoms with Crippen LogP contribution in [0, 0.1) is 6.92 Å². The van der Waals surface area contributed by atoms with Crippen molar-refractivity contribution in [3.8, 4) is 0 Å². The van der Waals surface area contributed by atoms with Crippen LogP contribution in [0.4, 0.5) is 0 Å². The van der Waals surface area contributed by atoms with Crippen LogP contribution in [0.3, 0.4) is 0 Å². The number of aliphatic hydroxyl groups is 1. The fourth-order valence-corrected chi connectivity index (χ4v) is 3.08. The summed E-state index contributed by atoms with van der Waals surface area (Å²) in [5, 5.41) is 18.4. The van der Waals surface area contributed by atoms with E-state index in [1.165, 1.54) is 5.56 Å². The molecule has 5 nitrogen and oxygen atoms in total. The molecule has 2 aromatic heterocycles. The predicted octanol–water partition coefficient (Wildman–Crippen LogP) is 2.10. The summed E-state index contributed by atoms with van der Waals surface area (Å²) in [5.41, 5.74) is 2.26. The minimum Gasteiger partial charge on any atom is -0.388 e. The summed E-state index contributed by atoms with van der Waals surface area (Å²) in [7, 11) is 0. The zero-order valence-corrected chi connectivity index (χ0v) is 11.6. The van der Waals surface area contributed by atoms with Gasteiger partial charge in [-0.2, -0.15) is 0 Å². The highest BCUT2D eigenvalue weighted by molar-refractivity contribution is 7.98. The van der Waals surface area contributed by atoms with Crippen LogP contribution in [0.1, 0.15) is 36.0 Å². The monoisotopic (exact) mass is 276 g/mol. The highest BCUT2D eigenvalue weighted by Crippen LogP contribution is 2.39. The van der Waals surface area contributed by atoms with E-state index >= 15 is 0 Å². The van der Waals surface area contributed by atoms with Crippen molar-refractivity contribution in [1.82, 2.24) is 19.7 Å². The quantitative estimate of drug-likeness (QED) is 0.847. The van der Waals surface area contributed by atoms with Crippen molar-refractivity contribution in [2.24, 2.45) is 0 Å². The number of aryl methyl sites for hydroxylation is 1. The van der Waals surface area contributed by atoms with E-state index in [2.05, 4.69) is 32.7 Å². The third-order valence-corrected chi connectivity index (χ3v) is 4.20. The first-order valence-corrected chi connectivity index (χ1v) is 7.36. The lowest BCUT2D eigenvalue weighted by atomic mass is 10.2. The second-order valence-electron chi connectivity index (χ2n) is 4.71. The fraction of sp³-hybridized carbons (Fsp3) is 0.462. The van der Waals surface area contributed by atoms with Crippen molar-refractivity contribution in [2.75, 3.05) is 0 Å². The lowest BCUT2D eigenvalue weighted by Crippen LogP contribution is -2.03. The van der Waals surface area contributed by atoms with Crippen molar-refractivity contribution in [2.45, 2.75) is 43.3 Å². The minimum absolute atomic E-state index is 0.0489. The molecular formula is C13H16N4OS. The highest BCUT2D eigenvalue weighted by atomic mass is 32.2. The van der Waals surface area contributed by atoms with E-state index in [-0.39, 0.29) is 6.61 Å². The van der Waals surface area contributed by atoms with Gasteiger partial charge in [-0.25, -0.2) is 0 Å². The average molecular weight is 276 g/mol. The molecule has 0 atom stereocenters. The van der Waals surface area contributed by atoms with Crippen LogP contribution >= 0.6 is 11.8 Å². The normalized spacial score (nSPS) is 14.8. The van der Waals surface area contributed by atoms with Gasteiger partial charge in [0.1, 0.15) is 6.61 Å². The Morgan fingerprint density at radius 2 is 2.26 bits per heavy atom. The van der Waals surface area contributed by atoms with Crippen LogP contribution in [0.25, 0.3) is 0 Å². The van der Waals surface area contributed by atoms with Crippen LogP contribution in [0.2, 0.25) is 0 Å². The Bertz CT molecular complexity index is 580. The lowest BCUT2D eigenvalue weighted by Gasteiger charge is -2.07. The Morgan fingerprint density at radius 3 is 2.95 bits per heavy atom. The van der Waals surface area contributed by atoms with E-state index in [0.717, 1.165) is 29.4 Å². The minimum atomic E-state index is -0.0489. The Balaban J connectivity index is 1.77. The molecule has 19 heavy (non-hydrogen) atoms. The molecule has 0 aliphatic heterocycles. The fourth-order valence-electron chi connectivity index (χ4n) is 2.02. The van der Waals surface area contributed by atoms with E-state index in [1.807, 2.05) is 12.3 Å². The largest absolute Gasteiger partial charge is 0.388 e. The van der Waals surface area contributed by atoms with Crippen LogP contribution in [-0.4, -0.2) is 24.9 Å². The predicted molar refractivity (Wildman–Crippen MR) is 72.8 cm³/mol. The smallest absolute Gasteiger partial charge is 0.191 e. The lowest BCUT2D eigenvalue weighted by molar-refractivity contribution is 0.263. The maximum atomic E-state index is 9.29. The van der Waals surface area contributed by atoms with Gasteiger partial charge in [-0.15, -0.1) is 10.2 Å². The molecule has 1 fully saturated rings. The van der Waals surface area contributed by atoms with Crippen LogP contribution in [-0.2, 0) is 12.4 Å². The maximum Gasteiger partial charge on any atom is 0.191 e. The first-order chi connectivity index (χ1) is 9.29. The van der Waals surface area contributed by atoms with E-state index in [0.29, 0.717) is 11.9 Å². The Morgan fingerprint density at radius 1 is 1.42 bits per heavy atom. The van der Waals surface area contributed by atoms with E-state index in [4.69, 9.17) is 0 Å². The first-order valence-electron chi connectivity index (χ1n) is 6.37. The molecule has 1 aliphatic carbocycles. The molecule has 0 bridgehead atoms. The highest BCUT2D eigenvalue weighted by Gasteiger charge is 2.29. The third-order valence-electron chi connectivity index (χ3n) is 3.24. The molecule has 1 saturated carbocycles. The summed E-state index contributed by atoms with van der Waals surface area (Å²) in [6.45, 7) is 2.01. The van der Waals surface area contributed by atoms with E-state index < -0.39 is 0 Å². The maximum absolute atomic E-state index is 9.29. The average Bonchev–Trinajstić information content (AvgIpc) is 3.18. The Hall–Kier alpha value is -1.40. The molecule has 1 N–H and O–H groups in total. The summed E-state index contributed by atoms with van der Waals surface area (Å²) >= 11 is 1.63. The molecule has 0 aromatic carbocycles. The summed E-state index contributed by atoms with van der Waals surface area (Å²) in [4.78, 5) is 4.38. The number of pyridine rings is 1. The molecule has 0 amide bonds. The zero-order valence-electron chi connectivity index (χ0n) is 10.8. The van der Waals surface area contributed by atoms with E-state index in [1.54, 1.807) is 11.8 Å². The number of aliphatic hydroxyl groups excluding tert-OH is 1. The van der Waals surface area contributed by atoms with Gasteiger partial charge < -0.3 is 9.67 Å². The van der Waals surface area contributed by atoms with Crippen molar-refractivity contribution in [3.63, 3.8) is 0 Å². The van der Waals surface area contributed by atoms with Gasteiger partial charge in [0.15, 0.2) is 11.0 Å². The van der Waals surface area contributed by atoms with Crippen LogP contribution < -0.4 is 0 Å². The molecule has 0 unspecified atom stereocenters. The first kappa shape index (κ1) is 12.6. The zero-order chi connectivity index (χ0) is 13.2. The second-order valence-corrected chi connectivity index (χ2v) is 5.66. The number of rotatable bonds is 5. The number of nitrogens with zero attached hydrogens (tertiary/aromatic N) is 4. The third kappa shape index (κ3) is 2.64. The summed E-state index contributed by atoms with van der Waals surface area (Å²) in [6, 6.07) is 4.48. The van der Waals surface area contributed by atoms with Crippen molar-refractivity contribution in [1.29, 1.82) is 0 Å². The Kier molecular flexibility index (Phi) is 3.52. The molecule has 3 rings (SSSR count). The molecular weight excluding hydrogens is 260 g/mol. The molecule has 1 aliphatic rings. The van der Waals surface area contributed by atoms with Crippen LogP contribution in [0.5, 0.6) is 0 Å². The summed E-state index contributed by atoms with van der Waals surface area (Å²) in [5.74, 6) is 1.45. The molecule has 0 saturated heterocycles. The van der Waals surface area contributed by atoms with E-state index in [9.17, 15) is 5.11 Å². The molecule has 2 aromatic rings. The van der Waals surface area contributed by atoms with Crippen molar-refractivity contribution < 1.29 is 5.11 Å². The van der Waals surface area contributed by atoms with Crippen molar-refractivity contribution >= 4 is 11.8 Å². The van der Waals surface area contributed by atoms with Gasteiger partial charge in [-0.05, 0) is 31.4 Å². The standard InChI is InChI=1S/C13H16N4OS/c1-9-3-2-6-14-11(9)8-19-13-16-15-12(7-18)17(13)10-4-5-10/h2-3,6,10,18H,4-5,7-8H2,1H3. The topological polar surface area (TPSA) is 63.8 Å². The van der Waals surface area contributed by atoms with Gasteiger partial charge in [0, 0.05) is 18.0 Å². The van der Waals surface area contributed by atoms with Gasteiger partial charge >= 0.3 is 0 Å². The van der Waals surface area contributed by atoms with Gasteiger partial charge in [0.05, 0.1) is 5.69 Å². The Labute approximate surface area is 116 Å². The van der Waals surface area contributed by atoms with Crippen molar-refractivity contribution in [3.05, 3.63) is 35.4 Å². The van der Waals surface area contributed by atoms with Gasteiger partial charge in [-0.1, -0.05) is 17.8 Å².